The second kappa shape index (κ2) is 19.1. The van der Waals surface area contributed by atoms with Crippen LogP contribution in [0.15, 0.2) is 262 Å². The van der Waals surface area contributed by atoms with E-state index >= 15 is 0 Å². The van der Waals surface area contributed by atoms with Crippen molar-refractivity contribution in [1.82, 2.24) is 37.8 Å². The molecule has 0 spiro atoms. The molecule has 0 saturated carbocycles. The van der Waals surface area contributed by atoms with Crippen molar-refractivity contribution < 1.29 is 0 Å². The van der Waals surface area contributed by atoms with Gasteiger partial charge in [0, 0.05) is 105 Å². The Bertz CT molecular complexity index is 5620. The first-order valence-electron chi connectivity index (χ1n) is 29.2. The minimum atomic E-state index is 0.509. The van der Waals surface area contributed by atoms with Crippen molar-refractivity contribution in [3.8, 4) is 34.4 Å². The first-order chi connectivity index (χ1) is 44.1. The lowest BCUT2D eigenvalue weighted by molar-refractivity contribution is 1.02. The number of hydrogen-bond acceptors (Lipinski definition) is 13. The fraction of sp³-hybridized carbons (Fsp3) is 0. The van der Waals surface area contributed by atoms with Crippen LogP contribution < -0.4 is 9.80 Å². The highest BCUT2D eigenvalue weighted by atomic mass is 32.2. The van der Waals surface area contributed by atoms with E-state index in [0.29, 0.717) is 22.7 Å². The third-order valence-corrected chi connectivity index (χ3v) is 22.5. The van der Waals surface area contributed by atoms with E-state index in [1.54, 1.807) is 23.5 Å². The smallest absolute Gasteiger partial charge is 0.166 e. The molecule has 10 nitrogen and oxygen atoms in total. The number of hydrogen-bond donors (Lipinski definition) is 0. The number of anilines is 6. The average molecular weight is 1230 g/mol. The maximum Gasteiger partial charge on any atom is 0.166 e. The van der Waals surface area contributed by atoms with Gasteiger partial charge in [-0.15, -0.1) is 22.7 Å². The van der Waals surface area contributed by atoms with Gasteiger partial charge in [0.1, 0.15) is 34.3 Å². The zero-order valence-electron chi connectivity index (χ0n) is 46.6. The second-order valence-corrected chi connectivity index (χ2v) is 27.2. The van der Waals surface area contributed by atoms with Gasteiger partial charge < -0.3 is 0 Å². The highest BCUT2D eigenvalue weighted by molar-refractivity contribution is 8.00. The first-order valence-corrected chi connectivity index (χ1v) is 33.2. The summed E-state index contributed by atoms with van der Waals surface area (Å²) in [6, 6.07) is 87.0. The molecule has 0 radical (unpaired) electrons. The van der Waals surface area contributed by atoms with E-state index < -0.39 is 0 Å². The van der Waals surface area contributed by atoms with E-state index in [1.807, 2.05) is 22.7 Å². The van der Waals surface area contributed by atoms with Gasteiger partial charge in [0.15, 0.2) is 11.6 Å². The van der Waals surface area contributed by atoms with Gasteiger partial charge in [0.2, 0.25) is 0 Å². The van der Waals surface area contributed by atoms with E-state index in [0.717, 1.165) is 120 Å². The number of benzene rings is 11. The Hall–Kier alpha value is -10.3. The van der Waals surface area contributed by atoms with Crippen LogP contribution in [0.3, 0.4) is 0 Å². The number of fused-ring (bicyclic) bond motifs is 17. The van der Waals surface area contributed by atoms with Crippen LogP contribution >= 0.6 is 57.9 Å². The lowest BCUT2D eigenvalue weighted by Crippen LogP contribution is -2.17. The van der Waals surface area contributed by atoms with E-state index in [9.17, 15) is 0 Å². The molecule has 20 rings (SSSR count). The standard InChI is InChI=1S/C74H40N10S5/c1-5-21-51-41(17-1)47-37-65-49(43-19-3-11-27-59(43)85-65)35-57(47)81(51)67-39-69(83-53-23-7-13-29-61(53)87-62-30-14-8-24-54(62)83)77-73(75-67)45-33-34-46(72-71(45)79-89-80-72)74-76-68(40-70(78-74)84-55-25-9-15-31-63(55)88-64-32-16-10-26-56(64)84)82-52-22-6-2-18-42(52)48-38-66-50(36-58(48)82)44-20-4-12-28-60(44)86-66/h1-40H. The Kier molecular flexibility index (Phi) is 10.7. The van der Waals surface area contributed by atoms with E-state index in [1.165, 1.54) is 52.1 Å². The molecular weight excluding hydrogens is 1190 g/mol. The Morgan fingerprint density at radius 2 is 0.629 bits per heavy atom. The van der Waals surface area contributed by atoms with Crippen molar-refractivity contribution in [3.05, 3.63) is 243 Å². The summed E-state index contributed by atoms with van der Waals surface area (Å²) in [5.41, 5.74) is 11.2. The summed E-state index contributed by atoms with van der Waals surface area (Å²) in [4.78, 5) is 31.8. The van der Waals surface area contributed by atoms with Gasteiger partial charge in [-0.05, 0) is 109 Å². The van der Waals surface area contributed by atoms with Crippen LogP contribution in [0.25, 0.3) is 129 Å². The number of rotatable bonds is 6. The summed E-state index contributed by atoms with van der Waals surface area (Å²) >= 11 is 8.39. The Balaban J connectivity index is 0.838. The number of thiophene rings is 2. The van der Waals surface area contributed by atoms with Gasteiger partial charge in [0.05, 0.1) is 56.5 Å². The van der Waals surface area contributed by atoms with Crippen molar-refractivity contribution in [1.29, 1.82) is 0 Å². The third-order valence-electron chi connectivity index (χ3n) is 17.4. The molecule has 416 valence electrons. The van der Waals surface area contributed by atoms with Crippen LogP contribution in [0, 0.1) is 0 Å². The van der Waals surface area contributed by atoms with Crippen molar-refractivity contribution in [2.75, 3.05) is 9.80 Å². The fourth-order valence-corrected chi connectivity index (χ4v) is 18.5. The largest absolute Gasteiger partial charge is 0.294 e. The van der Waals surface area contributed by atoms with Crippen molar-refractivity contribution in [3.63, 3.8) is 0 Å². The molecule has 0 aliphatic carbocycles. The topological polar surface area (TPSA) is 93.7 Å². The second-order valence-electron chi connectivity index (χ2n) is 22.3. The zero-order valence-corrected chi connectivity index (χ0v) is 50.7. The summed E-state index contributed by atoms with van der Waals surface area (Å²) < 4.78 is 20.0. The Morgan fingerprint density at radius 3 is 1.06 bits per heavy atom. The summed E-state index contributed by atoms with van der Waals surface area (Å²) in [7, 11) is 0. The molecule has 9 heterocycles. The van der Waals surface area contributed by atoms with Gasteiger partial charge in [-0.1, -0.05) is 145 Å². The quantitative estimate of drug-likeness (QED) is 0.160. The van der Waals surface area contributed by atoms with Crippen LogP contribution in [0.5, 0.6) is 0 Å². The molecule has 0 atom stereocenters. The molecule has 0 unspecified atom stereocenters. The molecule has 0 saturated heterocycles. The van der Waals surface area contributed by atoms with E-state index in [4.69, 9.17) is 28.7 Å². The molecule has 18 aromatic rings. The SMILES string of the molecule is c1ccc2c(c1)Sc1ccccc1N2c1cc(-n2c3ccccc3c3cc4sc5ccccc5c4cc32)nc(-c2ccc(-c3nc(N4c5ccccc5Sc5ccccc54)cc(-n4c5ccccc5c5cc6sc7ccccc7c6cc54)n3)c3nsnc23)n1. The van der Waals surface area contributed by atoms with Gasteiger partial charge in [-0.3, -0.25) is 18.9 Å². The van der Waals surface area contributed by atoms with Crippen LogP contribution in [0.1, 0.15) is 0 Å². The fourth-order valence-electron chi connectivity index (χ4n) is 13.5. The molecule has 0 amide bonds. The van der Waals surface area contributed by atoms with Crippen molar-refractivity contribution >= 4 is 187 Å². The summed E-state index contributed by atoms with van der Waals surface area (Å²) in [5.74, 6) is 3.91. The van der Waals surface area contributed by atoms with Gasteiger partial charge in [0.25, 0.3) is 0 Å². The van der Waals surface area contributed by atoms with Gasteiger partial charge in [-0.2, -0.15) is 8.75 Å². The molecule has 0 fully saturated rings. The highest BCUT2D eigenvalue weighted by Crippen LogP contribution is 2.54. The lowest BCUT2D eigenvalue weighted by Gasteiger charge is -2.32. The molecular formula is C74H40N10S5. The van der Waals surface area contributed by atoms with Crippen molar-refractivity contribution in [2.45, 2.75) is 19.6 Å². The Labute approximate surface area is 527 Å². The van der Waals surface area contributed by atoms with Crippen LogP contribution in [-0.2, 0) is 0 Å². The number of para-hydroxylation sites is 6. The molecule has 15 heteroatoms. The minimum Gasteiger partial charge on any atom is -0.294 e. The minimum absolute atomic E-state index is 0.509. The Morgan fingerprint density at radius 1 is 0.270 bits per heavy atom. The van der Waals surface area contributed by atoms with E-state index in [-0.39, 0.29) is 0 Å². The van der Waals surface area contributed by atoms with E-state index in [2.05, 4.69) is 262 Å². The zero-order chi connectivity index (χ0) is 58.0. The summed E-state index contributed by atoms with van der Waals surface area (Å²) in [6.07, 6.45) is 0. The van der Waals surface area contributed by atoms with Gasteiger partial charge in [-0.25, -0.2) is 19.9 Å². The van der Waals surface area contributed by atoms with Crippen molar-refractivity contribution in [2.24, 2.45) is 0 Å². The molecule has 7 aromatic heterocycles. The maximum absolute atomic E-state index is 5.69. The molecule has 89 heavy (non-hydrogen) atoms. The monoisotopic (exact) mass is 1230 g/mol. The normalized spacial score (nSPS) is 13.0. The molecule has 2 aliphatic heterocycles. The third kappa shape index (κ3) is 7.45. The van der Waals surface area contributed by atoms with Crippen LogP contribution in [0.2, 0.25) is 0 Å². The summed E-state index contributed by atoms with van der Waals surface area (Å²) in [5, 5.41) is 9.52. The predicted molar refractivity (Wildman–Crippen MR) is 372 cm³/mol. The highest BCUT2D eigenvalue weighted by Gasteiger charge is 2.31. The molecule has 0 bridgehead atoms. The molecule has 2 aliphatic rings. The maximum atomic E-state index is 5.69. The average Bonchev–Trinajstić information content (AvgIpc) is 1.87. The summed E-state index contributed by atoms with van der Waals surface area (Å²) in [6.45, 7) is 0. The molecule has 11 aromatic carbocycles. The number of nitrogens with zero attached hydrogens (tertiary/aromatic N) is 10. The lowest BCUT2D eigenvalue weighted by atomic mass is 10.1. The predicted octanol–water partition coefficient (Wildman–Crippen LogP) is 21.4. The van der Waals surface area contributed by atoms with Crippen LogP contribution in [-0.4, -0.2) is 37.8 Å². The van der Waals surface area contributed by atoms with Crippen LogP contribution in [0.4, 0.5) is 34.4 Å². The van der Waals surface area contributed by atoms with Gasteiger partial charge >= 0.3 is 0 Å². The molecule has 0 N–H and O–H groups in total. The number of aromatic nitrogens is 8. The first kappa shape index (κ1) is 49.8.